The molecule has 78 valence electrons. The van der Waals surface area contributed by atoms with Crippen molar-refractivity contribution in [3.05, 3.63) is 35.9 Å². The Kier molecular flexibility index (Phi) is 4.68. The summed E-state index contributed by atoms with van der Waals surface area (Å²) in [5.41, 5.74) is 1.47. The maximum Gasteiger partial charge on any atom is 0.00470 e. The molecule has 1 unspecified atom stereocenters. The van der Waals surface area contributed by atoms with Gasteiger partial charge in [0.1, 0.15) is 0 Å². The van der Waals surface area contributed by atoms with Crippen molar-refractivity contribution < 1.29 is 0 Å². The normalized spacial score (nSPS) is 13.1. The minimum atomic E-state index is 0.682. The first-order valence-corrected chi connectivity index (χ1v) is 5.51. The zero-order valence-corrected chi connectivity index (χ0v) is 9.53. The lowest BCUT2D eigenvalue weighted by atomic mass is 9.96. The average molecular weight is 191 g/mol. The molecule has 14 heavy (non-hydrogen) atoms. The van der Waals surface area contributed by atoms with Crippen molar-refractivity contribution in [2.75, 3.05) is 20.1 Å². The summed E-state index contributed by atoms with van der Waals surface area (Å²) in [5.74, 6) is 0.682. The quantitative estimate of drug-likeness (QED) is 0.691. The van der Waals surface area contributed by atoms with Gasteiger partial charge in [0.15, 0.2) is 0 Å². The number of nitrogens with zero attached hydrogens (tertiary/aromatic N) is 1. The summed E-state index contributed by atoms with van der Waals surface area (Å²) < 4.78 is 0. The summed E-state index contributed by atoms with van der Waals surface area (Å²) in [7, 11) is 2.19. The van der Waals surface area contributed by atoms with Crippen LogP contribution in [0.2, 0.25) is 0 Å². The summed E-state index contributed by atoms with van der Waals surface area (Å²) in [6, 6.07) is 10.8. The van der Waals surface area contributed by atoms with Gasteiger partial charge in [0.25, 0.3) is 0 Å². The van der Waals surface area contributed by atoms with Crippen LogP contribution < -0.4 is 0 Å². The van der Waals surface area contributed by atoms with E-state index < -0.39 is 0 Å². The first kappa shape index (κ1) is 11.3. The van der Waals surface area contributed by atoms with Gasteiger partial charge < -0.3 is 4.90 Å². The lowest BCUT2D eigenvalue weighted by molar-refractivity contribution is 0.323. The number of benzene rings is 1. The van der Waals surface area contributed by atoms with Crippen LogP contribution >= 0.6 is 0 Å². The van der Waals surface area contributed by atoms with Crippen LogP contribution in [-0.2, 0) is 0 Å². The first-order chi connectivity index (χ1) is 6.77. The SMILES string of the molecule is CCC(CN(C)CC)c1ccccc1. The van der Waals surface area contributed by atoms with E-state index in [1.54, 1.807) is 0 Å². The van der Waals surface area contributed by atoms with E-state index in [-0.39, 0.29) is 0 Å². The van der Waals surface area contributed by atoms with E-state index in [0.717, 1.165) is 13.1 Å². The Morgan fingerprint density at radius 3 is 2.29 bits per heavy atom. The smallest absolute Gasteiger partial charge is 0.00470 e. The van der Waals surface area contributed by atoms with Crippen molar-refractivity contribution in [2.45, 2.75) is 26.2 Å². The summed E-state index contributed by atoms with van der Waals surface area (Å²) in [6.45, 7) is 6.76. The third-order valence-corrected chi connectivity index (χ3v) is 2.84. The lowest BCUT2D eigenvalue weighted by Crippen LogP contribution is -2.24. The predicted octanol–water partition coefficient (Wildman–Crippen LogP) is 3.13. The fraction of sp³-hybridized carbons (Fsp3) is 0.538. The molecular weight excluding hydrogens is 170 g/mol. The van der Waals surface area contributed by atoms with Gasteiger partial charge in [-0.2, -0.15) is 0 Å². The van der Waals surface area contributed by atoms with Crippen molar-refractivity contribution >= 4 is 0 Å². The van der Waals surface area contributed by atoms with Crippen LogP contribution in [0.15, 0.2) is 30.3 Å². The maximum absolute atomic E-state index is 2.38. The number of hydrogen-bond acceptors (Lipinski definition) is 1. The zero-order chi connectivity index (χ0) is 10.4. The second-order valence-corrected chi connectivity index (χ2v) is 3.87. The Balaban J connectivity index is 2.63. The van der Waals surface area contributed by atoms with Crippen molar-refractivity contribution in [3.8, 4) is 0 Å². The molecule has 0 bridgehead atoms. The molecule has 0 aromatic heterocycles. The Bertz CT molecular complexity index is 243. The van der Waals surface area contributed by atoms with E-state index in [2.05, 4.69) is 56.1 Å². The Hall–Kier alpha value is -0.820. The minimum Gasteiger partial charge on any atom is -0.306 e. The molecular formula is C13H21N. The van der Waals surface area contributed by atoms with Gasteiger partial charge in [0.05, 0.1) is 0 Å². The zero-order valence-electron chi connectivity index (χ0n) is 9.53. The van der Waals surface area contributed by atoms with Gasteiger partial charge in [0, 0.05) is 6.54 Å². The van der Waals surface area contributed by atoms with Gasteiger partial charge in [-0.25, -0.2) is 0 Å². The van der Waals surface area contributed by atoms with Gasteiger partial charge >= 0.3 is 0 Å². The molecule has 0 N–H and O–H groups in total. The highest BCUT2D eigenvalue weighted by atomic mass is 15.1. The monoisotopic (exact) mass is 191 g/mol. The van der Waals surface area contributed by atoms with Crippen LogP contribution in [0.1, 0.15) is 31.7 Å². The number of rotatable bonds is 5. The van der Waals surface area contributed by atoms with E-state index in [9.17, 15) is 0 Å². The van der Waals surface area contributed by atoms with Gasteiger partial charge in [-0.15, -0.1) is 0 Å². The fourth-order valence-corrected chi connectivity index (χ4v) is 1.70. The highest BCUT2D eigenvalue weighted by Crippen LogP contribution is 2.19. The molecule has 0 aliphatic heterocycles. The molecule has 0 fully saturated rings. The molecule has 1 heteroatoms. The van der Waals surface area contributed by atoms with Crippen molar-refractivity contribution in [2.24, 2.45) is 0 Å². The molecule has 1 nitrogen and oxygen atoms in total. The van der Waals surface area contributed by atoms with Gasteiger partial charge in [-0.1, -0.05) is 44.2 Å². The topological polar surface area (TPSA) is 3.24 Å². The molecule has 1 atom stereocenters. The Labute approximate surface area is 87.7 Å². The third kappa shape index (κ3) is 3.15. The summed E-state index contributed by atoms with van der Waals surface area (Å²) >= 11 is 0. The van der Waals surface area contributed by atoms with Gasteiger partial charge in [0.2, 0.25) is 0 Å². The van der Waals surface area contributed by atoms with Gasteiger partial charge in [-0.3, -0.25) is 0 Å². The Morgan fingerprint density at radius 1 is 1.14 bits per heavy atom. The lowest BCUT2D eigenvalue weighted by Gasteiger charge is -2.22. The van der Waals surface area contributed by atoms with Crippen LogP contribution in [0.25, 0.3) is 0 Å². The highest BCUT2D eigenvalue weighted by Gasteiger charge is 2.10. The minimum absolute atomic E-state index is 0.682. The van der Waals surface area contributed by atoms with Crippen LogP contribution in [-0.4, -0.2) is 25.0 Å². The second kappa shape index (κ2) is 5.82. The van der Waals surface area contributed by atoms with E-state index in [1.807, 2.05) is 0 Å². The molecule has 0 aliphatic rings. The molecule has 0 amide bonds. The predicted molar refractivity (Wildman–Crippen MR) is 62.6 cm³/mol. The van der Waals surface area contributed by atoms with Crippen LogP contribution in [0.5, 0.6) is 0 Å². The fourth-order valence-electron chi connectivity index (χ4n) is 1.70. The van der Waals surface area contributed by atoms with Crippen LogP contribution in [0, 0.1) is 0 Å². The van der Waals surface area contributed by atoms with E-state index in [0.29, 0.717) is 5.92 Å². The van der Waals surface area contributed by atoms with Crippen molar-refractivity contribution in [1.29, 1.82) is 0 Å². The molecule has 0 saturated carbocycles. The first-order valence-electron chi connectivity index (χ1n) is 5.51. The van der Waals surface area contributed by atoms with Crippen molar-refractivity contribution in [1.82, 2.24) is 4.90 Å². The van der Waals surface area contributed by atoms with Gasteiger partial charge in [-0.05, 0) is 31.5 Å². The van der Waals surface area contributed by atoms with E-state index in [4.69, 9.17) is 0 Å². The summed E-state index contributed by atoms with van der Waals surface area (Å²) in [6.07, 6.45) is 1.22. The van der Waals surface area contributed by atoms with Crippen LogP contribution in [0.4, 0.5) is 0 Å². The molecule has 0 heterocycles. The third-order valence-electron chi connectivity index (χ3n) is 2.84. The maximum atomic E-state index is 2.38. The second-order valence-electron chi connectivity index (χ2n) is 3.87. The van der Waals surface area contributed by atoms with Crippen LogP contribution in [0.3, 0.4) is 0 Å². The standard InChI is InChI=1S/C13H21N/c1-4-12(11-14(3)5-2)13-9-7-6-8-10-13/h6-10,12H,4-5,11H2,1-3H3. The molecule has 0 saturated heterocycles. The number of hydrogen-bond donors (Lipinski definition) is 0. The van der Waals surface area contributed by atoms with E-state index in [1.165, 1.54) is 12.0 Å². The number of likely N-dealkylation sites (N-methyl/N-ethyl adjacent to an activating group) is 1. The summed E-state index contributed by atoms with van der Waals surface area (Å²) in [5, 5.41) is 0. The van der Waals surface area contributed by atoms with E-state index >= 15 is 0 Å². The Morgan fingerprint density at radius 2 is 1.79 bits per heavy atom. The average Bonchev–Trinajstić information content (AvgIpc) is 2.26. The summed E-state index contributed by atoms with van der Waals surface area (Å²) in [4.78, 5) is 2.38. The molecule has 0 spiro atoms. The largest absolute Gasteiger partial charge is 0.306 e. The molecule has 1 aromatic rings. The van der Waals surface area contributed by atoms with Crippen molar-refractivity contribution in [3.63, 3.8) is 0 Å². The molecule has 1 rings (SSSR count). The highest BCUT2D eigenvalue weighted by molar-refractivity contribution is 5.19. The molecule has 0 radical (unpaired) electrons. The molecule has 0 aliphatic carbocycles. The molecule has 1 aromatic carbocycles.